The van der Waals surface area contributed by atoms with Gasteiger partial charge in [0.15, 0.2) is 5.76 Å². The molecule has 17 heavy (non-hydrogen) atoms. The van der Waals surface area contributed by atoms with E-state index in [1.165, 1.54) is 31.5 Å². The van der Waals surface area contributed by atoms with Crippen molar-refractivity contribution in [3.63, 3.8) is 0 Å². The van der Waals surface area contributed by atoms with Crippen molar-refractivity contribution in [1.82, 2.24) is 10.1 Å². The molecule has 4 rings (SSSR count). The van der Waals surface area contributed by atoms with Gasteiger partial charge >= 0.3 is 0 Å². The standard InChI is InChI=1S/C13H18N2OS/c1-9-7-11(16-14-9)8-12-10-3-5-15(6-4-10)13(12)17-2/h7-8,10,13H,3-6H2,1-2H3/b12-8+/t13-/m0/s1. The summed E-state index contributed by atoms with van der Waals surface area (Å²) in [6.45, 7) is 4.47. The third-order valence-corrected chi connectivity index (χ3v) is 4.81. The topological polar surface area (TPSA) is 29.3 Å². The third kappa shape index (κ3) is 2.04. The van der Waals surface area contributed by atoms with Gasteiger partial charge in [-0.1, -0.05) is 5.16 Å². The van der Waals surface area contributed by atoms with E-state index in [9.17, 15) is 0 Å². The average Bonchev–Trinajstić information content (AvgIpc) is 2.76. The van der Waals surface area contributed by atoms with Crippen molar-refractivity contribution in [1.29, 1.82) is 0 Å². The lowest BCUT2D eigenvalue weighted by Gasteiger charge is -2.46. The van der Waals surface area contributed by atoms with Crippen molar-refractivity contribution < 1.29 is 4.52 Å². The number of nitrogens with zero attached hydrogens (tertiary/aromatic N) is 2. The highest BCUT2D eigenvalue weighted by atomic mass is 32.2. The number of thioether (sulfide) groups is 1. The Hall–Kier alpha value is -0.740. The van der Waals surface area contributed by atoms with Crippen LogP contribution < -0.4 is 0 Å². The van der Waals surface area contributed by atoms with E-state index in [-0.39, 0.29) is 0 Å². The molecule has 3 fully saturated rings. The second-order valence-corrected chi connectivity index (χ2v) is 5.83. The molecule has 0 spiro atoms. The Morgan fingerprint density at radius 1 is 1.47 bits per heavy atom. The van der Waals surface area contributed by atoms with Crippen LogP contribution >= 0.6 is 11.8 Å². The summed E-state index contributed by atoms with van der Waals surface area (Å²) in [7, 11) is 0. The van der Waals surface area contributed by atoms with Crippen molar-refractivity contribution in [3.8, 4) is 0 Å². The van der Waals surface area contributed by atoms with Gasteiger partial charge in [-0.3, -0.25) is 4.90 Å². The molecule has 0 amide bonds. The SMILES string of the molecule is CS[C@H]1/C(=C/c2cc(C)no2)C2CCN1CC2. The lowest BCUT2D eigenvalue weighted by Crippen LogP contribution is -2.48. The maximum Gasteiger partial charge on any atom is 0.159 e. The minimum atomic E-state index is 0.549. The Kier molecular flexibility index (Phi) is 3.01. The van der Waals surface area contributed by atoms with E-state index in [0.29, 0.717) is 5.37 Å². The summed E-state index contributed by atoms with van der Waals surface area (Å²) in [6.07, 6.45) is 7.02. The van der Waals surface area contributed by atoms with Gasteiger partial charge in [0.05, 0.1) is 11.1 Å². The van der Waals surface area contributed by atoms with Gasteiger partial charge in [-0.05, 0) is 43.6 Å². The first kappa shape index (κ1) is 11.4. The molecule has 4 heterocycles. The molecule has 3 saturated heterocycles. The number of rotatable bonds is 2. The summed E-state index contributed by atoms with van der Waals surface area (Å²) in [5.74, 6) is 1.66. The Labute approximate surface area is 106 Å². The van der Waals surface area contributed by atoms with Gasteiger partial charge < -0.3 is 4.52 Å². The predicted molar refractivity (Wildman–Crippen MR) is 70.8 cm³/mol. The van der Waals surface area contributed by atoms with Crippen LogP contribution in [-0.2, 0) is 0 Å². The van der Waals surface area contributed by atoms with Crippen LogP contribution in [-0.4, -0.2) is 34.8 Å². The van der Waals surface area contributed by atoms with E-state index in [1.807, 2.05) is 24.8 Å². The number of aryl methyl sites for hydroxylation is 1. The molecule has 1 aromatic heterocycles. The molecular weight excluding hydrogens is 232 g/mol. The van der Waals surface area contributed by atoms with Gasteiger partial charge in [0, 0.05) is 19.2 Å². The molecule has 0 radical (unpaired) electrons. The number of hydrogen-bond acceptors (Lipinski definition) is 4. The molecule has 3 nitrogen and oxygen atoms in total. The zero-order valence-corrected chi connectivity index (χ0v) is 11.2. The van der Waals surface area contributed by atoms with Crippen molar-refractivity contribution in [2.24, 2.45) is 5.92 Å². The summed E-state index contributed by atoms with van der Waals surface area (Å²) >= 11 is 1.94. The fraction of sp³-hybridized carbons (Fsp3) is 0.615. The van der Waals surface area contributed by atoms with E-state index < -0.39 is 0 Å². The van der Waals surface area contributed by atoms with Crippen LogP contribution in [0.3, 0.4) is 0 Å². The molecule has 1 aromatic rings. The van der Waals surface area contributed by atoms with E-state index in [4.69, 9.17) is 4.52 Å². The van der Waals surface area contributed by atoms with Crippen LogP contribution in [0.4, 0.5) is 0 Å². The normalized spacial score (nSPS) is 34.5. The zero-order valence-electron chi connectivity index (χ0n) is 10.3. The Morgan fingerprint density at radius 3 is 2.82 bits per heavy atom. The molecule has 0 aromatic carbocycles. The smallest absolute Gasteiger partial charge is 0.159 e. The quantitative estimate of drug-likeness (QED) is 0.807. The first-order chi connectivity index (χ1) is 8.28. The second kappa shape index (κ2) is 4.50. The van der Waals surface area contributed by atoms with Crippen molar-refractivity contribution in [2.75, 3.05) is 19.3 Å². The van der Waals surface area contributed by atoms with Gasteiger partial charge in [-0.15, -0.1) is 11.8 Å². The van der Waals surface area contributed by atoms with Crippen LogP contribution in [0.2, 0.25) is 0 Å². The molecule has 92 valence electrons. The van der Waals surface area contributed by atoms with Gasteiger partial charge in [-0.2, -0.15) is 0 Å². The largest absolute Gasteiger partial charge is 0.357 e. The average molecular weight is 250 g/mol. The van der Waals surface area contributed by atoms with Crippen LogP contribution in [0, 0.1) is 12.8 Å². The first-order valence-corrected chi connectivity index (χ1v) is 7.48. The van der Waals surface area contributed by atoms with Crippen molar-refractivity contribution in [2.45, 2.75) is 25.1 Å². The second-order valence-electron chi connectivity index (χ2n) is 4.91. The van der Waals surface area contributed by atoms with Gasteiger partial charge in [-0.25, -0.2) is 0 Å². The molecule has 3 aliphatic heterocycles. The molecule has 4 heteroatoms. The Bertz CT molecular complexity index is 432. The summed E-state index contributed by atoms with van der Waals surface area (Å²) in [5.41, 5.74) is 2.49. The van der Waals surface area contributed by atoms with Crippen LogP contribution in [0.15, 0.2) is 16.2 Å². The molecule has 0 aliphatic carbocycles. The van der Waals surface area contributed by atoms with E-state index >= 15 is 0 Å². The number of aromatic nitrogens is 1. The minimum Gasteiger partial charge on any atom is -0.357 e. The highest BCUT2D eigenvalue weighted by Crippen LogP contribution is 2.41. The Morgan fingerprint density at radius 2 is 2.24 bits per heavy atom. The number of piperidine rings is 3. The lowest BCUT2D eigenvalue weighted by molar-refractivity contribution is 0.147. The molecule has 0 unspecified atom stereocenters. The highest BCUT2D eigenvalue weighted by molar-refractivity contribution is 7.99. The molecule has 0 N–H and O–H groups in total. The first-order valence-electron chi connectivity index (χ1n) is 6.19. The predicted octanol–water partition coefficient (Wildman–Crippen LogP) is 2.78. The minimum absolute atomic E-state index is 0.549. The number of hydrogen-bond donors (Lipinski definition) is 0. The van der Waals surface area contributed by atoms with E-state index in [0.717, 1.165) is 17.4 Å². The van der Waals surface area contributed by atoms with Crippen LogP contribution in [0.1, 0.15) is 24.3 Å². The van der Waals surface area contributed by atoms with Gasteiger partial charge in [0.25, 0.3) is 0 Å². The van der Waals surface area contributed by atoms with Crippen LogP contribution in [0.5, 0.6) is 0 Å². The third-order valence-electron chi connectivity index (χ3n) is 3.80. The Balaban J connectivity index is 1.92. The fourth-order valence-electron chi connectivity index (χ4n) is 2.97. The summed E-state index contributed by atoms with van der Waals surface area (Å²) in [4.78, 5) is 2.58. The maximum absolute atomic E-state index is 5.31. The van der Waals surface area contributed by atoms with Crippen molar-refractivity contribution >= 4 is 17.8 Å². The molecule has 3 aliphatic rings. The molecule has 2 bridgehead atoms. The monoisotopic (exact) mass is 250 g/mol. The summed E-state index contributed by atoms with van der Waals surface area (Å²) in [6, 6.07) is 2.02. The summed E-state index contributed by atoms with van der Waals surface area (Å²) < 4.78 is 5.31. The van der Waals surface area contributed by atoms with Gasteiger partial charge in [0.2, 0.25) is 0 Å². The van der Waals surface area contributed by atoms with Gasteiger partial charge in [0.1, 0.15) is 0 Å². The zero-order chi connectivity index (χ0) is 11.8. The van der Waals surface area contributed by atoms with Crippen LogP contribution in [0.25, 0.3) is 6.08 Å². The maximum atomic E-state index is 5.31. The molecular formula is C13H18N2OS. The summed E-state index contributed by atoms with van der Waals surface area (Å²) in [5, 5.41) is 4.50. The highest BCUT2D eigenvalue weighted by Gasteiger charge is 2.37. The van der Waals surface area contributed by atoms with E-state index in [1.54, 1.807) is 0 Å². The molecule has 1 atom stereocenters. The van der Waals surface area contributed by atoms with Crippen molar-refractivity contribution in [3.05, 3.63) is 23.1 Å². The number of fused-ring (bicyclic) bond motifs is 3. The lowest BCUT2D eigenvalue weighted by atomic mass is 9.83. The van der Waals surface area contributed by atoms with E-state index in [2.05, 4.69) is 22.4 Å². The fourth-order valence-corrected chi connectivity index (χ4v) is 4.01. The molecule has 0 saturated carbocycles.